The lowest BCUT2D eigenvalue weighted by Crippen LogP contribution is -2.41. The standard InChI is InChI=1S/C15H22N2O2S/c1-2-19-14-6-4-3-5-12(14)10-17-15(18)9-13-11-20-8-7-16-13/h3-6,13,16H,2,7-11H2,1H3,(H,17,18). The van der Waals surface area contributed by atoms with E-state index in [4.69, 9.17) is 4.74 Å². The van der Waals surface area contributed by atoms with Gasteiger partial charge in [-0.25, -0.2) is 0 Å². The fourth-order valence-electron chi connectivity index (χ4n) is 2.19. The summed E-state index contributed by atoms with van der Waals surface area (Å²) in [7, 11) is 0. The van der Waals surface area contributed by atoms with Crippen molar-refractivity contribution in [3.63, 3.8) is 0 Å². The largest absolute Gasteiger partial charge is 0.494 e. The summed E-state index contributed by atoms with van der Waals surface area (Å²) in [6.07, 6.45) is 0.545. The molecule has 0 spiro atoms. The van der Waals surface area contributed by atoms with Crippen molar-refractivity contribution in [1.29, 1.82) is 0 Å². The van der Waals surface area contributed by atoms with Gasteiger partial charge in [-0.15, -0.1) is 0 Å². The van der Waals surface area contributed by atoms with Gasteiger partial charge in [-0.05, 0) is 13.0 Å². The predicted octanol–water partition coefficient (Wildman–Crippen LogP) is 1.80. The van der Waals surface area contributed by atoms with E-state index in [1.807, 2.05) is 43.0 Å². The summed E-state index contributed by atoms with van der Waals surface area (Å²) in [5.41, 5.74) is 1.02. The van der Waals surface area contributed by atoms with Crippen LogP contribution in [-0.4, -0.2) is 36.6 Å². The molecule has 20 heavy (non-hydrogen) atoms. The summed E-state index contributed by atoms with van der Waals surface area (Å²) >= 11 is 1.91. The van der Waals surface area contributed by atoms with Crippen LogP contribution in [0.4, 0.5) is 0 Å². The maximum Gasteiger partial charge on any atom is 0.221 e. The number of carbonyl (C=O) groups excluding carboxylic acids is 1. The van der Waals surface area contributed by atoms with Gasteiger partial charge in [-0.3, -0.25) is 4.79 Å². The molecule has 1 amide bonds. The lowest BCUT2D eigenvalue weighted by atomic mass is 10.2. The van der Waals surface area contributed by atoms with Crippen molar-refractivity contribution in [3.05, 3.63) is 29.8 Å². The van der Waals surface area contributed by atoms with Crippen LogP contribution in [0.25, 0.3) is 0 Å². The predicted molar refractivity (Wildman–Crippen MR) is 83.2 cm³/mol. The van der Waals surface area contributed by atoms with Crippen LogP contribution in [0.1, 0.15) is 18.9 Å². The summed E-state index contributed by atoms with van der Waals surface area (Å²) in [6.45, 7) is 4.11. The first-order valence-electron chi connectivity index (χ1n) is 7.08. The average Bonchev–Trinajstić information content (AvgIpc) is 2.48. The van der Waals surface area contributed by atoms with E-state index in [2.05, 4.69) is 10.6 Å². The van der Waals surface area contributed by atoms with Gasteiger partial charge in [0.15, 0.2) is 0 Å². The van der Waals surface area contributed by atoms with Crippen LogP contribution in [0.2, 0.25) is 0 Å². The van der Waals surface area contributed by atoms with Crippen molar-refractivity contribution < 1.29 is 9.53 Å². The van der Waals surface area contributed by atoms with Crippen LogP contribution in [0.15, 0.2) is 24.3 Å². The van der Waals surface area contributed by atoms with Crippen molar-refractivity contribution in [2.75, 3.05) is 24.7 Å². The molecule has 5 heteroatoms. The summed E-state index contributed by atoms with van der Waals surface area (Å²) in [6, 6.07) is 8.13. The number of carbonyl (C=O) groups is 1. The van der Waals surface area contributed by atoms with Crippen molar-refractivity contribution >= 4 is 17.7 Å². The Hall–Kier alpha value is -1.20. The van der Waals surface area contributed by atoms with Gasteiger partial charge in [0.25, 0.3) is 0 Å². The first-order valence-corrected chi connectivity index (χ1v) is 8.23. The van der Waals surface area contributed by atoms with Crippen LogP contribution in [0.5, 0.6) is 5.75 Å². The van der Waals surface area contributed by atoms with Crippen LogP contribution in [0.3, 0.4) is 0 Å². The zero-order valence-electron chi connectivity index (χ0n) is 11.9. The van der Waals surface area contributed by atoms with Gasteiger partial charge >= 0.3 is 0 Å². The summed E-state index contributed by atoms with van der Waals surface area (Å²) in [4.78, 5) is 12.0. The Morgan fingerprint density at radius 1 is 1.50 bits per heavy atom. The van der Waals surface area contributed by atoms with Gasteiger partial charge in [0.05, 0.1) is 6.61 Å². The molecule has 1 aromatic carbocycles. The number of benzene rings is 1. The quantitative estimate of drug-likeness (QED) is 0.840. The fourth-order valence-corrected chi connectivity index (χ4v) is 3.14. The molecule has 1 fully saturated rings. The number of amides is 1. The minimum atomic E-state index is 0.0938. The highest BCUT2D eigenvalue weighted by molar-refractivity contribution is 7.99. The molecule has 1 aromatic rings. The minimum absolute atomic E-state index is 0.0938. The lowest BCUT2D eigenvalue weighted by Gasteiger charge is -2.22. The Morgan fingerprint density at radius 2 is 2.35 bits per heavy atom. The second kappa shape index (κ2) is 8.17. The fraction of sp³-hybridized carbons (Fsp3) is 0.533. The molecule has 0 aliphatic carbocycles. The number of nitrogens with one attached hydrogen (secondary N) is 2. The molecule has 1 heterocycles. The van der Waals surface area contributed by atoms with E-state index in [1.165, 1.54) is 0 Å². The molecular weight excluding hydrogens is 272 g/mol. The van der Waals surface area contributed by atoms with E-state index in [0.717, 1.165) is 29.4 Å². The zero-order valence-corrected chi connectivity index (χ0v) is 12.7. The van der Waals surface area contributed by atoms with Gasteiger partial charge in [0.2, 0.25) is 5.91 Å². The number of thioether (sulfide) groups is 1. The smallest absolute Gasteiger partial charge is 0.221 e. The molecule has 0 bridgehead atoms. The Labute approximate surface area is 124 Å². The third-order valence-corrected chi connectivity index (χ3v) is 4.31. The maximum absolute atomic E-state index is 12.0. The number of para-hydroxylation sites is 1. The second-order valence-electron chi connectivity index (χ2n) is 4.75. The molecule has 1 unspecified atom stereocenters. The van der Waals surface area contributed by atoms with Crippen molar-refractivity contribution in [1.82, 2.24) is 10.6 Å². The van der Waals surface area contributed by atoms with Crippen molar-refractivity contribution in [2.24, 2.45) is 0 Å². The Kier molecular flexibility index (Phi) is 6.21. The van der Waals surface area contributed by atoms with Crippen LogP contribution >= 0.6 is 11.8 Å². The normalized spacial score (nSPS) is 18.6. The van der Waals surface area contributed by atoms with Gasteiger partial charge < -0.3 is 15.4 Å². The van der Waals surface area contributed by atoms with E-state index < -0.39 is 0 Å². The lowest BCUT2D eigenvalue weighted by molar-refractivity contribution is -0.121. The van der Waals surface area contributed by atoms with E-state index in [9.17, 15) is 4.79 Å². The summed E-state index contributed by atoms with van der Waals surface area (Å²) in [5, 5.41) is 6.35. The maximum atomic E-state index is 12.0. The van der Waals surface area contributed by atoms with E-state index in [-0.39, 0.29) is 5.91 Å². The third-order valence-electron chi connectivity index (χ3n) is 3.18. The molecule has 0 saturated carbocycles. The molecule has 0 radical (unpaired) electrons. The molecule has 0 aromatic heterocycles. The van der Waals surface area contributed by atoms with E-state index in [1.54, 1.807) is 0 Å². The van der Waals surface area contributed by atoms with Crippen LogP contribution in [-0.2, 0) is 11.3 Å². The van der Waals surface area contributed by atoms with Gasteiger partial charge in [0.1, 0.15) is 5.75 Å². The Morgan fingerprint density at radius 3 is 3.10 bits per heavy atom. The monoisotopic (exact) mass is 294 g/mol. The minimum Gasteiger partial charge on any atom is -0.494 e. The number of rotatable bonds is 6. The molecule has 1 saturated heterocycles. The number of hydrogen-bond donors (Lipinski definition) is 2. The highest BCUT2D eigenvalue weighted by Gasteiger charge is 2.16. The molecule has 2 N–H and O–H groups in total. The number of ether oxygens (including phenoxy) is 1. The number of hydrogen-bond acceptors (Lipinski definition) is 4. The van der Waals surface area contributed by atoms with Gasteiger partial charge in [-0.2, -0.15) is 11.8 Å². The first kappa shape index (κ1) is 15.2. The molecule has 2 rings (SSSR count). The molecular formula is C15H22N2O2S. The highest BCUT2D eigenvalue weighted by atomic mass is 32.2. The average molecular weight is 294 g/mol. The van der Waals surface area contributed by atoms with Gasteiger partial charge in [-0.1, -0.05) is 18.2 Å². The molecule has 4 nitrogen and oxygen atoms in total. The van der Waals surface area contributed by atoms with Crippen LogP contribution in [0, 0.1) is 0 Å². The van der Waals surface area contributed by atoms with E-state index >= 15 is 0 Å². The Bertz CT molecular complexity index is 434. The second-order valence-corrected chi connectivity index (χ2v) is 5.90. The third kappa shape index (κ3) is 4.72. The molecule has 1 atom stereocenters. The topological polar surface area (TPSA) is 50.4 Å². The Balaban J connectivity index is 1.80. The first-order chi connectivity index (χ1) is 9.79. The van der Waals surface area contributed by atoms with Crippen molar-refractivity contribution in [3.8, 4) is 5.75 Å². The van der Waals surface area contributed by atoms with Crippen LogP contribution < -0.4 is 15.4 Å². The van der Waals surface area contributed by atoms with E-state index in [0.29, 0.717) is 25.6 Å². The van der Waals surface area contributed by atoms with Gasteiger partial charge in [0, 0.05) is 42.6 Å². The molecule has 1 aliphatic heterocycles. The summed E-state index contributed by atoms with van der Waals surface area (Å²) in [5.74, 6) is 3.10. The van der Waals surface area contributed by atoms with Crippen molar-refractivity contribution in [2.45, 2.75) is 25.9 Å². The molecule has 110 valence electrons. The SMILES string of the molecule is CCOc1ccccc1CNC(=O)CC1CSCCN1. The highest BCUT2D eigenvalue weighted by Crippen LogP contribution is 2.17. The zero-order chi connectivity index (χ0) is 14.2. The molecule has 1 aliphatic rings. The summed E-state index contributed by atoms with van der Waals surface area (Å²) < 4.78 is 5.55.